The van der Waals surface area contributed by atoms with E-state index in [1.54, 1.807) is 52.9 Å². The summed E-state index contributed by atoms with van der Waals surface area (Å²) in [5.74, 6) is 3.27. The van der Waals surface area contributed by atoms with Crippen molar-refractivity contribution in [3.8, 4) is 11.1 Å². The van der Waals surface area contributed by atoms with Crippen molar-refractivity contribution in [2.45, 2.75) is 131 Å². The van der Waals surface area contributed by atoms with Crippen LogP contribution in [0.3, 0.4) is 0 Å². The molecular formula is C48H60Cl2Zr-2. The van der Waals surface area contributed by atoms with E-state index in [2.05, 4.69) is 141 Å². The topological polar surface area (TPSA) is 0 Å². The maximum atomic E-state index is 3.67. The van der Waals surface area contributed by atoms with E-state index in [-0.39, 0.29) is 35.6 Å². The number of hydrogen-bond donors (Lipinski definition) is 0. The average Bonchev–Trinajstić information content (AvgIpc) is 3.56. The minimum atomic E-state index is 0. The molecule has 4 aromatic rings. The van der Waals surface area contributed by atoms with Gasteiger partial charge in [-0.15, -0.1) is 11.1 Å². The summed E-state index contributed by atoms with van der Waals surface area (Å²) in [7, 11) is 0. The van der Waals surface area contributed by atoms with E-state index < -0.39 is 0 Å². The second kappa shape index (κ2) is 16.8. The Bertz CT molecular complexity index is 1680. The Labute approximate surface area is 338 Å². The molecule has 4 fully saturated rings. The van der Waals surface area contributed by atoms with Crippen LogP contribution in [-0.2, 0) is 47.9 Å². The van der Waals surface area contributed by atoms with E-state index in [4.69, 9.17) is 0 Å². The Balaban J connectivity index is 0.000000178. The van der Waals surface area contributed by atoms with E-state index in [1.165, 1.54) is 81.6 Å². The number of benzene rings is 3. The zero-order chi connectivity index (χ0) is 35.1. The van der Waals surface area contributed by atoms with E-state index in [1.807, 2.05) is 0 Å². The third kappa shape index (κ3) is 9.91. The van der Waals surface area contributed by atoms with Gasteiger partial charge in [0.05, 0.1) is 0 Å². The van der Waals surface area contributed by atoms with E-state index in [0.717, 1.165) is 24.2 Å². The van der Waals surface area contributed by atoms with Gasteiger partial charge in [0.1, 0.15) is 0 Å². The van der Waals surface area contributed by atoms with Gasteiger partial charge in [0.25, 0.3) is 0 Å². The number of aryl methyl sites for hydroxylation is 2. The van der Waals surface area contributed by atoms with Gasteiger partial charge in [-0.2, -0.15) is 46.5 Å². The summed E-state index contributed by atoms with van der Waals surface area (Å²) < 4.78 is 1.55. The van der Waals surface area contributed by atoms with Crippen LogP contribution >= 0.6 is 0 Å². The first kappa shape index (κ1) is 42.1. The Hall–Kier alpha value is -1.66. The molecule has 4 bridgehead atoms. The zero-order valence-corrected chi connectivity index (χ0v) is 36.8. The van der Waals surface area contributed by atoms with Crippen LogP contribution in [0.5, 0.6) is 0 Å². The molecule has 0 nitrogen and oxygen atoms in total. The van der Waals surface area contributed by atoms with Crippen LogP contribution < -0.4 is 24.8 Å². The number of halogens is 2. The molecule has 0 atom stereocenters. The van der Waals surface area contributed by atoms with Crippen molar-refractivity contribution in [2.75, 3.05) is 0 Å². The van der Waals surface area contributed by atoms with Gasteiger partial charge in [-0.05, 0) is 90.1 Å². The number of fused-ring (bicyclic) bond motifs is 3. The van der Waals surface area contributed by atoms with Gasteiger partial charge in [0, 0.05) is 0 Å². The molecule has 3 heteroatoms. The van der Waals surface area contributed by atoms with Gasteiger partial charge in [0.15, 0.2) is 0 Å². The quantitative estimate of drug-likeness (QED) is 0.180. The van der Waals surface area contributed by atoms with Crippen LogP contribution in [0.25, 0.3) is 11.1 Å². The Morgan fingerprint density at radius 3 is 1.88 bits per heavy atom. The molecule has 5 aliphatic rings. The second-order valence-corrected chi connectivity index (χ2v) is 19.8. The normalized spacial score (nSPS) is 22.3. The Morgan fingerprint density at radius 2 is 1.37 bits per heavy atom. The molecule has 0 saturated heterocycles. The van der Waals surface area contributed by atoms with Gasteiger partial charge < -0.3 is 24.8 Å². The Kier molecular flexibility index (Phi) is 13.9. The smallest absolute Gasteiger partial charge is 0.0363 e. The predicted molar refractivity (Wildman–Crippen MR) is 208 cm³/mol. The monoisotopic (exact) mass is 796 g/mol. The number of rotatable bonds is 4. The summed E-state index contributed by atoms with van der Waals surface area (Å²) in [6.45, 7) is 20.4. The predicted octanol–water partition coefficient (Wildman–Crippen LogP) is 6.61. The summed E-state index contributed by atoms with van der Waals surface area (Å²) in [5, 5.41) is 0. The summed E-state index contributed by atoms with van der Waals surface area (Å²) in [6, 6.07) is 30.6. The molecule has 0 spiro atoms. The molecule has 4 saturated carbocycles. The molecule has 0 aromatic heterocycles. The molecule has 0 aliphatic heterocycles. The molecule has 0 heterocycles. The van der Waals surface area contributed by atoms with Crippen LogP contribution in [0.4, 0.5) is 0 Å². The third-order valence-corrected chi connectivity index (χ3v) is 13.6. The summed E-state index contributed by atoms with van der Waals surface area (Å²) in [5.41, 5.74) is 15.5. The van der Waals surface area contributed by atoms with Gasteiger partial charge >= 0.3 is 76.7 Å². The maximum Gasteiger partial charge on any atom is -0.0363 e. The molecule has 51 heavy (non-hydrogen) atoms. The average molecular weight is 799 g/mol. The van der Waals surface area contributed by atoms with E-state index >= 15 is 0 Å². The standard InChI is InChI=1S/C21H25.C18H25.C9H10.2ClH.Zr/c1-20(2,3)16-7-9-18-14(12-16)11-15-13-17(21(4,5)6)8-10-19(15)18;1-12-3-13(2)17(4-12)11-18-8-14-5-15(9-18)7-16(6-14)10-18;1-2-6-9-7-4-3-5-8-9;;;/h7-10,12H,11H2,1-6H3;3-4,14-16H,5-11H2,1-2H3;3-5,7-8H,2H2,1H3;2*1H;/q2*-1;;;;+2/p-2. The zero-order valence-electron chi connectivity index (χ0n) is 32.8. The van der Waals surface area contributed by atoms with Crippen molar-refractivity contribution in [1.29, 1.82) is 0 Å². The minimum Gasteiger partial charge on any atom is -1.00 e. The molecule has 0 radical (unpaired) electrons. The van der Waals surface area contributed by atoms with Crippen molar-refractivity contribution >= 4 is 3.21 Å². The molecule has 9 rings (SSSR count). The maximum absolute atomic E-state index is 3.67. The molecule has 5 aliphatic carbocycles. The van der Waals surface area contributed by atoms with Crippen LogP contribution in [0.1, 0.15) is 138 Å². The van der Waals surface area contributed by atoms with Crippen LogP contribution in [0, 0.1) is 43.1 Å². The van der Waals surface area contributed by atoms with Crippen molar-refractivity contribution in [3.05, 3.63) is 123 Å². The third-order valence-electron chi connectivity index (χ3n) is 12.0. The van der Waals surface area contributed by atoms with E-state index in [0.29, 0.717) is 5.41 Å². The SMILES string of the molecule is CC(C)(C)c1[c-]c2c(cc1)-c1ccc(C(C)(C)C)cc1C2.CC[C](=[Zr+2])c1ccccc1.Cc1cc(CC23CC4CC(CC(C4)C2)C3)c(C)[cH-]1.[Cl-].[Cl-]. The molecule has 0 N–H and O–H groups in total. The van der Waals surface area contributed by atoms with Gasteiger partial charge in [0.2, 0.25) is 0 Å². The largest absolute Gasteiger partial charge is 1.00 e. The van der Waals surface area contributed by atoms with Gasteiger partial charge in [-0.25, -0.2) is 6.07 Å². The number of hydrogen-bond acceptors (Lipinski definition) is 0. The second-order valence-electron chi connectivity index (χ2n) is 18.3. The summed E-state index contributed by atoms with van der Waals surface area (Å²) in [6.07, 6.45) is 12.9. The summed E-state index contributed by atoms with van der Waals surface area (Å²) >= 11 is 1.54. The van der Waals surface area contributed by atoms with Gasteiger partial charge in [-0.1, -0.05) is 85.6 Å². The molecule has 0 unspecified atom stereocenters. The first-order chi connectivity index (χ1) is 23.1. The molecule has 4 aromatic carbocycles. The van der Waals surface area contributed by atoms with Crippen LogP contribution in [0.2, 0.25) is 0 Å². The van der Waals surface area contributed by atoms with Crippen molar-refractivity contribution in [1.82, 2.24) is 0 Å². The molecule has 0 amide bonds. The molecular weight excluding hydrogens is 739 g/mol. The van der Waals surface area contributed by atoms with Crippen molar-refractivity contribution < 1.29 is 49.0 Å². The molecule has 272 valence electrons. The van der Waals surface area contributed by atoms with Crippen LogP contribution in [0.15, 0.2) is 72.8 Å². The first-order valence-electron chi connectivity index (χ1n) is 19.2. The van der Waals surface area contributed by atoms with Crippen molar-refractivity contribution in [3.63, 3.8) is 0 Å². The fourth-order valence-electron chi connectivity index (χ4n) is 9.84. The van der Waals surface area contributed by atoms with Crippen LogP contribution in [-0.4, -0.2) is 3.21 Å². The summed E-state index contributed by atoms with van der Waals surface area (Å²) in [4.78, 5) is 0. The fraction of sp³-hybridized carbons (Fsp3) is 0.500. The minimum absolute atomic E-state index is 0. The first-order valence-corrected chi connectivity index (χ1v) is 20.4. The van der Waals surface area contributed by atoms with E-state index in [9.17, 15) is 0 Å². The van der Waals surface area contributed by atoms with Crippen molar-refractivity contribution in [2.24, 2.45) is 23.2 Å². The van der Waals surface area contributed by atoms with Gasteiger partial charge in [-0.3, -0.25) is 0 Å². The Morgan fingerprint density at radius 1 is 0.784 bits per heavy atom. The fourth-order valence-corrected chi connectivity index (χ4v) is 10.2.